The molecule has 0 spiro atoms. The summed E-state index contributed by atoms with van der Waals surface area (Å²) in [6, 6.07) is 11.9. The molecule has 0 saturated carbocycles. The third-order valence-electron chi connectivity index (χ3n) is 2.52. The van der Waals surface area contributed by atoms with Gasteiger partial charge >= 0.3 is 0 Å². The predicted octanol–water partition coefficient (Wildman–Crippen LogP) is 5.07. The van der Waals surface area contributed by atoms with E-state index in [9.17, 15) is 4.79 Å². The fourth-order valence-corrected chi connectivity index (χ4v) is 2.09. The number of rotatable bonds is 3. The molecule has 0 aliphatic carbocycles. The molecule has 0 radical (unpaired) electrons. The number of carbonyl (C=O) groups excluding carboxylic acids is 1. The molecule has 0 saturated heterocycles. The lowest BCUT2D eigenvalue weighted by molar-refractivity contribution is 0.0993. The lowest BCUT2D eigenvalue weighted by Gasteiger charge is -2.05. The summed E-state index contributed by atoms with van der Waals surface area (Å²) < 4.78 is 0. The van der Waals surface area contributed by atoms with E-state index < -0.39 is 0 Å². The number of ketones is 1. The molecule has 4 heteroatoms. The summed E-state index contributed by atoms with van der Waals surface area (Å²) in [6.45, 7) is 0. The Labute approximate surface area is 120 Å². The first-order chi connectivity index (χ1) is 8.56. The average molecular weight is 300 g/mol. The zero-order valence-corrected chi connectivity index (χ0v) is 11.6. The molecular weight excluding hydrogens is 291 g/mol. The molecule has 0 amide bonds. The van der Waals surface area contributed by atoms with E-state index in [0.717, 1.165) is 5.56 Å². The fourth-order valence-electron chi connectivity index (χ4n) is 1.59. The van der Waals surface area contributed by atoms with Crippen molar-refractivity contribution < 1.29 is 4.79 Å². The van der Waals surface area contributed by atoms with Crippen molar-refractivity contribution in [1.29, 1.82) is 0 Å². The Morgan fingerprint density at radius 3 is 2.17 bits per heavy atom. The molecule has 0 fully saturated rings. The van der Waals surface area contributed by atoms with Crippen molar-refractivity contribution in [3.8, 4) is 0 Å². The number of benzene rings is 2. The molecule has 0 aromatic heterocycles. The van der Waals surface area contributed by atoms with Crippen molar-refractivity contribution >= 4 is 40.6 Å². The predicted molar refractivity (Wildman–Crippen MR) is 75.9 cm³/mol. The molecule has 0 aliphatic rings. The van der Waals surface area contributed by atoms with Crippen LogP contribution < -0.4 is 0 Å². The minimum atomic E-state index is -0.0177. The van der Waals surface area contributed by atoms with Gasteiger partial charge < -0.3 is 0 Å². The van der Waals surface area contributed by atoms with E-state index >= 15 is 0 Å². The molecule has 18 heavy (non-hydrogen) atoms. The standard InChI is InChI=1S/C14H9Cl3O/c15-11-3-1-9(2-4-11)14(18)8-10-7-12(16)5-6-13(10)17/h1-7H,8H2. The van der Waals surface area contributed by atoms with E-state index in [1.54, 1.807) is 42.5 Å². The Morgan fingerprint density at radius 2 is 1.50 bits per heavy atom. The highest BCUT2D eigenvalue weighted by atomic mass is 35.5. The third kappa shape index (κ3) is 3.26. The quantitative estimate of drug-likeness (QED) is 0.723. The van der Waals surface area contributed by atoms with Crippen LogP contribution in [0.5, 0.6) is 0 Å². The number of carbonyl (C=O) groups is 1. The van der Waals surface area contributed by atoms with Crippen molar-refractivity contribution in [2.24, 2.45) is 0 Å². The second-order valence-corrected chi connectivity index (χ2v) is 5.12. The normalized spacial score (nSPS) is 10.4. The van der Waals surface area contributed by atoms with Gasteiger partial charge in [-0.05, 0) is 48.0 Å². The van der Waals surface area contributed by atoms with Crippen LogP contribution in [0.2, 0.25) is 15.1 Å². The minimum Gasteiger partial charge on any atom is -0.294 e. The van der Waals surface area contributed by atoms with Crippen molar-refractivity contribution in [2.45, 2.75) is 6.42 Å². The van der Waals surface area contributed by atoms with E-state index in [0.29, 0.717) is 20.6 Å². The van der Waals surface area contributed by atoms with Gasteiger partial charge in [0.05, 0.1) is 0 Å². The van der Waals surface area contributed by atoms with Crippen LogP contribution in [0.15, 0.2) is 42.5 Å². The fraction of sp³-hybridized carbons (Fsp3) is 0.0714. The van der Waals surface area contributed by atoms with Crippen molar-refractivity contribution in [2.75, 3.05) is 0 Å². The van der Waals surface area contributed by atoms with Gasteiger partial charge in [-0.25, -0.2) is 0 Å². The lowest BCUT2D eigenvalue weighted by atomic mass is 10.0. The summed E-state index contributed by atoms with van der Waals surface area (Å²) >= 11 is 17.7. The molecule has 0 unspecified atom stereocenters. The Balaban J connectivity index is 2.21. The summed E-state index contributed by atoms with van der Waals surface area (Å²) in [7, 11) is 0. The number of Topliss-reactive ketones (excluding diaryl/α,β-unsaturated/α-hetero) is 1. The molecule has 0 atom stereocenters. The molecule has 0 heterocycles. The van der Waals surface area contributed by atoms with E-state index in [1.807, 2.05) is 0 Å². The smallest absolute Gasteiger partial charge is 0.167 e. The van der Waals surface area contributed by atoms with E-state index in [4.69, 9.17) is 34.8 Å². The molecule has 0 N–H and O–H groups in total. The first kappa shape index (κ1) is 13.4. The summed E-state index contributed by atoms with van der Waals surface area (Å²) in [5.74, 6) is -0.0177. The van der Waals surface area contributed by atoms with Gasteiger partial charge in [-0.1, -0.05) is 34.8 Å². The molecule has 0 aliphatic heterocycles. The first-order valence-electron chi connectivity index (χ1n) is 5.29. The Bertz CT molecular complexity index is 576. The SMILES string of the molecule is O=C(Cc1cc(Cl)ccc1Cl)c1ccc(Cl)cc1. The minimum absolute atomic E-state index is 0.0177. The molecule has 2 aromatic carbocycles. The maximum atomic E-state index is 12.0. The molecule has 0 bridgehead atoms. The van der Waals surface area contributed by atoms with Crippen LogP contribution in [-0.2, 0) is 6.42 Å². The van der Waals surface area contributed by atoms with Crippen LogP contribution in [0.1, 0.15) is 15.9 Å². The van der Waals surface area contributed by atoms with Gasteiger partial charge in [-0.3, -0.25) is 4.79 Å². The van der Waals surface area contributed by atoms with Gasteiger partial charge in [0, 0.05) is 27.1 Å². The second-order valence-electron chi connectivity index (χ2n) is 3.84. The number of hydrogen-bond acceptors (Lipinski definition) is 1. The summed E-state index contributed by atoms with van der Waals surface area (Å²) in [5, 5.41) is 1.72. The van der Waals surface area contributed by atoms with Gasteiger partial charge in [0.1, 0.15) is 0 Å². The van der Waals surface area contributed by atoms with Gasteiger partial charge in [-0.15, -0.1) is 0 Å². The van der Waals surface area contributed by atoms with Crippen LogP contribution >= 0.6 is 34.8 Å². The van der Waals surface area contributed by atoms with Gasteiger partial charge in [0.25, 0.3) is 0 Å². The monoisotopic (exact) mass is 298 g/mol. The topological polar surface area (TPSA) is 17.1 Å². The zero-order valence-electron chi connectivity index (χ0n) is 9.29. The summed E-state index contributed by atoms with van der Waals surface area (Å²) in [5.41, 5.74) is 1.33. The van der Waals surface area contributed by atoms with E-state index in [-0.39, 0.29) is 12.2 Å². The summed E-state index contributed by atoms with van der Waals surface area (Å²) in [4.78, 5) is 12.0. The van der Waals surface area contributed by atoms with E-state index in [2.05, 4.69) is 0 Å². The van der Waals surface area contributed by atoms with Crippen molar-refractivity contribution in [3.05, 3.63) is 68.7 Å². The Morgan fingerprint density at radius 1 is 0.889 bits per heavy atom. The van der Waals surface area contributed by atoms with Crippen LogP contribution in [0, 0.1) is 0 Å². The van der Waals surface area contributed by atoms with Crippen molar-refractivity contribution in [1.82, 2.24) is 0 Å². The van der Waals surface area contributed by atoms with E-state index in [1.165, 1.54) is 0 Å². The largest absolute Gasteiger partial charge is 0.294 e. The lowest BCUT2D eigenvalue weighted by Crippen LogP contribution is -2.03. The zero-order chi connectivity index (χ0) is 13.1. The van der Waals surface area contributed by atoms with Gasteiger partial charge in [0.2, 0.25) is 0 Å². The highest BCUT2D eigenvalue weighted by molar-refractivity contribution is 6.33. The molecular formula is C14H9Cl3O. The van der Waals surface area contributed by atoms with Crippen LogP contribution in [0.3, 0.4) is 0 Å². The molecule has 92 valence electrons. The average Bonchev–Trinajstić information content (AvgIpc) is 2.34. The molecule has 1 nitrogen and oxygen atoms in total. The molecule has 2 aromatic rings. The number of hydrogen-bond donors (Lipinski definition) is 0. The Hall–Kier alpha value is -1.02. The first-order valence-corrected chi connectivity index (χ1v) is 6.42. The van der Waals surface area contributed by atoms with Gasteiger partial charge in [0.15, 0.2) is 5.78 Å². The third-order valence-corrected chi connectivity index (χ3v) is 3.38. The van der Waals surface area contributed by atoms with Gasteiger partial charge in [-0.2, -0.15) is 0 Å². The maximum absolute atomic E-state index is 12.0. The maximum Gasteiger partial charge on any atom is 0.167 e. The highest BCUT2D eigenvalue weighted by Crippen LogP contribution is 2.22. The van der Waals surface area contributed by atoms with Crippen LogP contribution in [0.25, 0.3) is 0 Å². The van der Waals surface area contributed by atoms with Crippen LogP contribution in [0.4, 0.5) is 0 Å². The highest BCUT2D eigenvalue weighted by Gasteiger charge is 2.10. The number of halogens is 3. The van der Waals surface area contributed by atoms with Crippen molar-refractivity contribution in [3.63, 3.8) is 0 Å². The second kappa shape index (κ2) is 5.75. The Kier molecular flexibility index (Phi) is 4.28. The molecule has 2 rings (SSSR count). The van der Waals surface area contributed by atoms with Crippen LogP contribution in [-0.4, -0.2) is 5.78 Å². The summed E-state index contributed by atoms with van der Waals surface area (Å²) in [6.07, 6.45) is 0.223.